The van der Waals surface area contributed by atoms with E-state index in [4.69, 9.17) is 10.5 Å². The number of aromatic nitrogens is 5. The molecule has 0 radical (unpaired) electrons. The highest BCUT2D eigenvalue weighted by molar-refractivity contribution is 7.98. The van der Waals surface area contributed by atoms with Gasteiger partial charge >= 0.3 is 0 Å². The van der Waals surface area contributed by atoms with Crippen molar-refractivity contribution in [3.8, 4) is 16.2 Å². The minimum Gasteiger partial charge on any atom is -0.497 e. The zero-order valence-electron chi connectivity index (χ0n) is 19.2. The summed E-state index contributed by atoms with van der Waals surface area (Å²) in [4.78, 5) is 32.5. The van der Waals surface area contributed by atoms with Gasteiger partial charge in [0.25, 0.3) is 5.56 Å². The van der Waals surface area contributed by atoms with E-state index in [9.17, 15) is 9.59 Å². The van der Waals surface area contributed by atoms with Crippen LogP contribution < -0.4 is 16.0 Å². The molecule has 1 aromatic carbocycles. The number of fused-ring (bicyclic) bond motifs is 1. The Kier molecular flexibility index (Phi) is 7.32. The van der Waals surface area contributed by atoms with Crippen LogP contribution in [0.25, 0.3) is 20.7 Å². The largest absolute Gasteiger partial charge is 0.497 e. The molecule has 3 heterocycles. The number of amides is 1. The van der Waals surface area contributed by atoms with Gasteiger partial charge in [-0.1, -0.05) is 25.6 Å². The number of H-pyrrole nitrogens is 1. The number of aromatic amines is 1. The van der Waals surface area contributed by atoms with Gasteiger partial charge in [-0.2, -0.15) is 0 Å². The van der Waals surface area contributed by atoms with E-state index in [0.29, 0.717) is 34.1 Å². The van der Waals surface area contributed by atoms with Gasteiger partial charge in [0.05, 0.1) is 18.4 Å². The molecule has 4 aromatic rings. The van der Waals surface area contributed by atoms with Crippen LogP contribution >= 0.6 is 23.1 Å². The summed E-state index contributed by atoms with van der Waals surface area (Å²) in [6.07, 6.45) is 0.667. The molecule has 4 rings (SSSR count). The number of thiophene rings is 1. The first-order valence-electron chi connectivity index (χ1n) is 10.8. The van der Waals surface area contributed by atoms with Crippen LogP contribution in [-0.2, 0) is 23.5 Å². The molecule has 0 atom stereocenters. The van der Waals surface area contributed by atoms with Crippen molar-refractivity contribution in [2.45, 2.75) is 44.1 Å². The average Bonchev–Trinajstić information content (AvgIpc) is 3.40. The van der Waals surface area contributed by atoms with Crippen LogP contribution in [-0.4, -0.2) is 37.7 Å². The molecule has 0 unspecified atom stereocenters. The van der Waals surface area contributed by atoms with Crippen molar-refractivity contribution in [2.24, 2.45) is 11.7 Å². The minimum atomic E-state index is -0.367. The molecule has 0 saturated heterocycles. The zero-order chi connectivity index (χ0) is 24.2. The second-order valence-electron chi connectivity index (χ2n) is 8.22. The normalized spacial score (nSPS) is 11.4. The second-order valence-corrected chi connectivity index (χ2v) is 10.2. The molecular formula is C23H26N6O3S2. The summed E-state index contributed by atoms with van der Waals surface area (Å²) in [6, 6.07) is 9.65. The van der Waals surface area contributed by atoms with E-state index < -0.39 is 0 Å². The Bertz CT molecular complexity index is 1360. The van der Waals surface area contributed by atoms with Crippen molar-refractivity contribution in [2.75, 3.05) is 7.11 Å². The minimum absolute atomic E-state index is 0.156. The predicted molar refractivity (Wildman–Crippen MR) is 134 cm³/mol. The van der Waals surface area contributed by atoms with E-state index >= 15 is 0 Å². The molecule has 0 bridgehead atoms. The van der Waals surface area contributed by atoms with Crippen molar-refractivity contribution in [1.29, 1.82) is 0 Å². The molecule has 34 heavy (non-hydrogen) atoms. The Morgan fingerprint density at radius 3 is 2.71 bits per heavy atom. The van der Waals surface area contributed by atoms with Crippen LogP contribution in [0.2, 0.25) is 0 Å². The molecule has 0 aliphatic rings. The maximum absolute atomic E-state index is 12.7. The molecule has 0 aliphatic heterocycles. The lowest BCUT2D eigenvalue weighted by Gasteiger charge is -2.12. The summed E-state index contributed by atoms with van der Waals surface area (Å²) in [7, 11) is 1.63. The third-order valence-corrected chi connectivity index (χ3v) is 7.23. The van der Waals surface area contributed by atoms with E-state index in [0.717, 1.165) is 33.7 Å². The Morgan fingerprint density at radius 1 is 1.26 bits per heavy atom. The van der Waals surface area contributed by atoms with E-state index in [1.54, 1.807) is 7.11 Å². The van der Waals surface area contributed by atoms with Crippen molar-refractivity contribution >= 4 is 39.2 Å². The Balaban J connectivity index is 1.55. The highest BCUT2D eigenvalue weighted by atomic mass is 32.2. The highest BCUT2D eigenvalue weighted by Gasteiger charge is 2.16. The number of aryl methyl sites for hydroxylation is 1. The SMILES string of the molecule is COc1ccc(-c2cc3nc(CSc4nnc(CCC(N)=O)n4CC(C)C)[nH]c(=O)c3s2)cc1. The number of hydrogen-bond acceptors (Lipinski definition) is 8. The Morgan fingerprint density at radius 2 is 2.03 bits per heavy atom. The molecule has 1 amide bonds. The summed E-state index contributed by atoms with van der Waals surface area (Å²) in [5.74, 6) is 2.52. The van der Waals surface area contributed by atoms with Gasteiger partial charge in [-0.15, -0.1) is 21.5 Å². The van der Waals surface area contributed by atoms with Crippen LogP contribution in [0.3, 0.4) is 0 Å². The lowest BCUT2D eigenvalue weighted by Crippen LogP contribution is -2.15. The third kappa shape index (κ3) is 5.48. The fourth-order valence-electron chi connectivity index (χ4n) is 3.48. The fraction of sp³-hybridized carbons (Fsp3) is 0.348. The molecule has 0 spiro atoms. The standard InChI is InChI=1S/C23H26N6O3S2/c1-13(2)11-29-20(9-8-18(24)30)27-28-23(29)33-12-19-25-16-10-17(34-21(16)22(31)26-19)14-4-6-15(32-3)7-5-14/h4-7,10,13H,8-9,11-12H2,1-3H3,(H2,24,30)(H,25,26,31). The van der Waals surface area contributed by atoms with Crippen LogP contribution in [0.5, 0.6) is 5.75 Å². The summed E-state index contributed by atoms with van der Waals surface area (Å²) in [5.41, 5.74) is 6.81. The highest BCUT2D eigenvalue weighted by Crippen LogP contribution is 2.32. The Labute approximate surface area is 204 Å². The van der Waals surface area contributed by atoms with Crippen LogP contribution in [0.15, 0.2) is 40.3 Å². The maximum atomic E-state index is 12.7. The number of nitrogens with one attached hydrogen (secondary N) is 1. The zero-order valence-corrected chi connectivity index (χ0v) is 20.8. The van der Waals surface area contributed by atoms with Crippen LogP contribution in [0.1, 0.15) is 31.9 Å². The molecule has 9 nitrogen and oxygen atoms in total. The van der Waals surface area contributed by atoms with Crippen LogP contribution in [0, 0.1) is 5.92 Å². The number of nitrogens with two attached hydrogens (primary N) is 1. The first-order chi connectivity index (χ1) is 16.3. The molecule has 11 heteroatoms. The average molecular weight is 499 g/mol. The van der Waals surface area contributed by atoms with E-state index in [1.807, 2.05) is 34.9 Å². The summed E-state index contributed by atoms with van der Waals surface area (Å²) >= 11 is 2.87. The van der Waals surface area contributed by atoms with Gasteiger partial charge in [0.2, 0.25) is 5.91 Å². The number of thioether (sulfide) groups is 1. The van der Waals surface area contributed by atoms with Crippen LogP contribution in [0.4, 0.5) is 0 Å². The number of nitrogens with zero attached hydrogens (tertiary/aromatic N) is 4. The molecule has 0 saturated carbocycles. The number of ether oxygens (including phenoxy) is 1. The number of primary amides is 1. The van der Waals surface area contributed by atoms with Crippen molar-refractivity contribution in [3.05, 3.63) is 52.3 Å². The number of carbonyl (C=O) groups is 1. The smallest absolute Gasteiger partial charge is 0.268 e. The van der Waals surface area contributed by atoms with Crippen molar-refractivity contribution in [3.63, 3.8) is 0 Å². The van der Waals surface area contributed by atoms with Gasteiger partial charge in [-0.25, -0.2) is 4.98 Å². The van der Waals surface area contributed by atoms with Gasteiger partial charge in [-0.3, -0.25) is 9.59 Å². The van der Waals surface area contributed by atoms with E-state index in [-0.39, 0.29) is 17.9 Å². The van der Waals surface area contributed by atoms with Crippen molar-refractivity contribution in [1.82, 2.24) is 24.7 Å². The number of hydrogen-bond donors (Lipinski definition) is 2. The first-order valence-corrected chi connectivity index (χ1v) is 12.6. The quantitative estimate of drug-likeness (QED) is 0.320. The van der Waals surface area contributed by atoms with Gasteiger partial charge in [0.1, 0.15) is 22.1 Å². The van der Waals surface area contributed by atoms with Gasteiger partial charge < -0.3 is 20.0 Å². The number of benzene rings is 1. The van der Waals surface area contributed by atoms with Gasteiger partial charge in [0.15, 0.2) is 5.16 Å². The van der Waals surface area contributed by atoms with Crippen molar-refractivity contribution < 1.29 is 9.53 Å². The van der Waals surface area contributed by atoms with E-state index in [2.05, 4.69) is 34.0 Å². The monoisotopic (exact) mass is 498 g/mol. The maximum Gasteiger partial charge on any atom is 0.268 e. The molecule has 0 aliphatic carbocycles. The summed E-state index contributed by atoms with van der Waals surface area (Å²) in [5, 5.41) is 9.28. The predicted octanol–water partition coefficient (Wildman–Crippen LogP) is 3.62. The topological polar surface area (TPSA) is 129 Å². The molecular weight excluding hydrogens is 472 g/mol. The van der Waals surface area contributed by atoms with E-state index in [1.165, 1.54) is 23.1 Å². The van der Waals surface area contributed by atoms with Gasteiger partial charge in [0, 0.05) is 24.3 Å². The first kappa shape index (κ1) is 24.0. The summed E-state index contributed by atoms with van der Waals surface area (Å²) in [6.45, 7) is 4.94. The fourth-order valence-corrected chi connectivity index (χ4v) is 5.32. The lowest BCUT2D eigenvalue weighted by atomic mass is 10.2. The number of rotatable bonds is 10. The summed E-state index contributed by atoms with van der Waals surface area (Å²) < 4.78 is 7.83. The Hall–Kier alpha value is -3.18. The number of carbonyl (C=O) groups excluding carboxylic acids is 1. The molecule has 3 aromatic heterocycles. The molecule has 3 N–H and O–H groups in total. The third-order valence-electron chi connectivity index (χ3n) is 5.08. The lowest BCUT2D eigenvalue weighted by molar-refractivity contribution is -0.118. The van der Waals surface area contributed by atoms with Gasteiger partial charge in [-0.05, 0) is 41.8 Å². The second kappa shape index (κ2) is 10.4. The molecule has 0 fully saturated rings. The number of methoxy groups -OCH3 is 1. The molecule has 178 valence electrons.